The van der Waals surface area contributed by atoms with Crippen LogP contribution in [0.3, 0.4) is 0 Å². The average molecular weight is 542 g/mol. The Morgan fingerprint density at radius 1 is 1.32 bits per heavy atom. The molecule has 0 saturated carbocycles. The fourth-order valence-corrected chi connectivity index (χ4v) is 4.39. The number of aromatic nitrogens is 2. The molecule has 31 heavy (non-hydrogen) atoms. The van der Waals surface area contributed by atoms with E-state index in [2.05, 4.69) is 32.9 Å². The van der Waals surface area contributed by atoms with Crippen LogP contribution >= 0.6 is 22.6 Å². The summed E-state index contributed by atoms with van der Waals surface area (Å²) in [6.45, 7) is 10.2. The van der Waals surface area contributed by atoms with Gasteiger partial charge in [0.15, 0.2) is 0 Å². The van der Waals surface area contributed by atoms with E-state index in [0.717, 1.165) is 20.4 Å². The van der Waals surface area contributed by atoms with E-state index < -0.39 is 12.1 Å². The topological polar surface area (TPSA) is 96.6 Å². The van der Waals surface area contributed by atoms with Crippen LogP contribution in [0.4, 0.5) is 4.79 Å². The third kappa shape index (κ3) is 5.68. The summed E-state index contributed by atoms with van der Waals surface area (Å²) in [5.41, 5.74) is 1.46. The molecule has 170 valence electrons. The number of methoxy groups -OCH3 is 1. The largest absolute Gasteiger partial charge is 0.453 e. The van der Waals surface area contributed by atoms with Gasteiger partial charge in [0.2, 0.25) is 5.91 Å². The van der Waals surface area contributed by atoms with Crippen LogP contribution in [0.15, 0.2) is 18.2 Å². The van der Waals surface area contributed by atoms with E-state index in [-0.39, 0.29) is 29.6 Å². The molecule has 1 fully saturated rings. The van der Waals surface area contributed by atoms with Crippen molar-refractivity contribution in [2.24, 2.45) is 5.92 Å². The molecule has 9 heteroatoms. The first-order valence-electron chi connectivity index (χ1n) is 10.5. The van der Waals surface area contributed by atoms with Crippen LogP contribution in [0.1, 0.15) is 52.9 Å². The highest BCUT2D eigenvalue weighted by Gasteiger charge is 2.43. The third-order valence-electron chi connectivity index (χ3n) is 5.24. The molecule has 1 aliphatic heterocycles. The van der Waals surface area contributed by atoms with Crippen molar-refractivity contribution in [2.75, 3.05) is 13.7 Å². The number of ether oxygens (including phenoxy) is 2. The van der Waals surface area contributed by atoms with Crippen molar-refractivity contribution in [3.63, 3.8) is 0 Å². The van der Waals surface area contributed by atoms with E-state index in [4.69, 9.17) is 14.5 Å². The van der Waals surface area contributed by atoms with Gasteiger partial charge < -0.3 is 24.7 Å². The predicted octanol–water partition coefficient (Wildman–Crippen LogP) is 4.01. The zero-order valence-corrected chi connectivity index (χ0v) is 21.0. The molecule has 1 aliphatic rings. The summed E-state index contributed by atoms with van der Waals surface area (Å²) in [7, 11) is 1.29. The van der Waals surface area contributed by atoms with Crippen LogP contribution in [0.25, 0.3) is 11.0 Å². The zero-order chi connectivity index (χ0) is 22.9. The maximum absolute atomic E-state index is 13.6. The maximum atomic E-state index is 13.6. The summed E-state index contributed by atoms with van der Waals surface area (Å²) in [5.74, 6) is 0.457. The molecular weight excluding hydrogens is 511 g/mol. The fraction of sp³-hybridized carbons (Fsp3) is 0.591. The molecule has 2 aromatic rings. The van der Waals surface area contributed by atoms with Gasteiger partial charge in [-0.1, -0.05) is 13.8 Å². The Kier molecular flexibility index (Phi) is 7.14. The van der Waals surface area contributed by atoms with Gasteiger partial charge in [-0.2, -0.15) is 0 Å². The summed E-state index contributed by atoms with van der Waals surface area (Å²) < 4.78 is 12.0. The van der Waals surface area contributed by atoms with E-state index in [1.165, 1.54) is 7.11 Å². The van der Waals surface area contributed by atoms with Gasteiger partial charge in [0.05, 0.1) is 35.9 Å². The molecule has 0 bridgehead atoms. The quantitative estimate of drug-likeness (QED) is 0.557. The summed E-state index contributed by atoms with van der Waals surface area (Å²) in [6.07, 6.45) is -0.125. The normalized spacial score (nSPS) is 20.3. The lowest BCUT2D eigenvalue weighted by Gasteiger charge is -2.30. The number of alkyl carbamates (subject to hydrolysis) is 1. The number of rotatable bonds is 5. The molecule has 0 radical (unpaired) electrons. The number of amides is 2. The molecule has 8 nitrogen and oxygen atoms in total. The van der Waals surface area contributed by atoms with Gasteiger partial charge in [-0.05, 0) is 67.5 Å². The Bertz CT molecular complexity index is 953. The Morgan fingerprint density at radius 2 is 2.03 bits per heavy atom. The molecule has 3 atom stereocenters. The monoisotopic (exact) mass is 542 g/mol. The number of nitrogens with zero attached hydrogens (tertiary/aromatic N) is 2. The molecule has 1 saturated heterocycles. The van der Waals surface area contributed by atoms with E-state index in [0.29, 0.717) is 13.0 Å². The maximum Gasteiger partial charge on any atom is 0.407 e. The van der Waals surface area contributed by atoms with E-state index >= 15 is 0 Å². The summed E-state index contributed by atoms with van der Waals surface area (Å²) in [6, 6.07) is 5.05. The van der Waals surface area contributed by atoms with Gasteiger partial charge in [0.1, 0.15) is 11.9 Å². The number of H-pyrrole nitrogens is 1. The first-order valence-corrected chi connectivity index (χ1v) is 11.5. The average Bonchev–Trinajstić information content (AvgIpc) is 3.27. The van der Waals surface area contributed by atoms with Crippen LogP contribution < -0.4 is 5.32 Å². The molecule has 0 aliphatic carbocycles. The number of benzene rings is 1. The lowest BCUT2D eigenvalue weighted by Crippen LogP contribution is -2.51. The molecule has 0 spiro atoms. The van der Waals surface area contributed by atoms with Crippen molar-refractivity contribution in [3.05, 3.63) is 27.6 Å². The summed E-state index contributed by atoms with van der Waals surface area (Å²) in [4.78, 5) is 35.3. The number of likely N-dealkylation sites (tertiary alicyclic amines) is 1. The van der Waals surface area contributed by atoms with Gasteiger partial charge in [0, 0.05) is 16.5 Å². The van der Waals surface area contributed by atoms with Crippen molar-refractivity contribution in [3.8, 4) is 0 Å². The Morgan fingerprint density at radius 3 is 2.65 bits per heavy atom. The number of halogens is 1. The van der Waals surface area contributed by atoms with Crippen molar-refractivity contribution < 1.29 is 19.1 Å². The van der Waals surface area contributed by atoms with Crippen LogP contribution in [0.5, 0.6) is 0 Å². The lowest BCUT2D eigenvalue weighted by atomic mass is 10.0. The van der Waals surface area contributed by atoms with E-state index in [9.17, 15) is 9.59 Å². The van der Waals surface area contributed by atoms with Gasteiger partial charge in [-0.3, -0.25) is 4.79 Å². The number of aromatic amines is 1. The SMILES string of the molecule is COC(=O)N[C@H](C(=O)N1C[C@H](OC(C)(C)C)CC1c1nc2cc(I)ccc2[nH]1)C(C)C. The standard InChI is InChI=1S/C22H31IN4O4/c1-12(2)18(26-21(29)30-6)20(28)27-11-14(31-22(3,4)5)10-17(27)19-24-15-8-7-13(23)9-16(15)25-19/h7-9,12,14,17-18H,10-11H2,1-6H3,(H,24,25)(H,26,29)/t14-,17?,18+/m1/s1. The highest BCUT2D eigenvalue weighted by Crippen LogP contribution is 2.35. The van der Waals surface area contributed by atoms with Crippen LogP contribution in [-0.4, -0.2) is 58.3 Å². The van der Waals surface area contributed by atoms with Crippen LogP contribution in [0.2, 0.25) is 0 Å². The number of hydrogen-bond donors (Lipinski definition) is 2. The molecule has 1 aromatic heterocycles. The van der Waals surface area contributed by atoms with Gasteiger partial charge in [0.25, 0.3) is 0 Å². The number of nitrogens with one attached hydrogen (secondary N) is 2. The fourth-order valence-electron chi connectivity index (χ4n) is 3.92. The molecule has 2 N–H and O–H groups in total. The Labute approximate surface area is 196 Å². The molecule has 2 amide bonds. The molecule has 1 aromatic carbocycles. The number of hydrogen-bond acceptors (Lipinski definition) is 5. The second kappa shape index (κ2) is 9.32. The number of carbonyl (C=O) groups is 2. The van der Waals surface area contributed by atoms with E-state index in [1.54, 1.807) is 4.90 Å². The Balaban J connectivity index is 1.94. The van der Waals surface area contributed by atoms with Crippen LogP contribution in [0, 0.1) is 9.49 Å². The second-order valence-corrected chi connectivity index (χ2v) is 10.5. The first kappa shape index (κ1) is 23.8. The highest BCUT2D eigenvalue weighted by molar-refractivity contribution is 14.1. The minimum Gasteiger partial charge on any atom is -0.453 e. The van der Waals surface area contributed by atoms with Crippen molar-refractivity contribution in [1.82, 2.24) is 20.2 Å². The predicted molar refractivity (Wildman–Crippen MR) is 127 cm³/mol. The number of carbonyl (C=O) groups excluding carboxylic acids is 2. The molecular formula is C22H31IN4O4. The Hall–Kier alpha value is -1.88. The smallest absolute Gasteiger partial charge is 0.407 e. The second-order valence-electron chi connectivity index (χ2n) is 9.24. The number of fused-ring (bicyclic) bond motifs is 1. The summed E-state index contributed by atoms with van der Waals surface area (Å²) in [5, 5.41) is 2.69. The van der Waals surface area contributed by atoms with Crippen molar-refractivity contribution >= 4 is 45.6 Å². The van der Waals surface area contributed by atoms with Crippen LogP contribution in [-0.2, 0) is 14.3 Å². The lowest BCUT2D eigenvalue weighted by molar-refractivity contribution is -0.136. The van der Waals surface area contributed by atoms with Gasteiger partial charge in [-0.25, -0.2) is 9.78 Å². The molecule has 3 rings (SSSR count). The molecule has 2 heterocycles. The molecule has 1 unspecified atom stereocenters. The first-order chi connectivity index (χ1) is 14.5. The van der Waals surface area contributed by atoms with Crippen molar-refractivity contribution in [2.45, 2.75) is 64.8 Å². The van der Waals surface area contributed by atoms with E-state index in [1.807, 2.05) is 52.8 Å². The van der Waals surface area contributed by atoms with Gasteiger partial charge in [-0.15, -0.1) is 0 Å². The minimum absolute atomic E-state index is 0.105. The van der Waals surface area contributed by atoms with Crippen molar-refractivity contribution in [1.29, 1.82) is 0 Å². The van der Waals surface area contributed by atoms with Gasteiger partial charge >= 0.3 is 6.09 Å². The zero-order valence-electron chi connectivity index (χ0n) is 18.9. The number of imidazole rings is 1. The highest BCUT2D eigenvalue weighted by atomic mass is 127. The summed E-state index contributed by atoms with van der Waals surface area (Å²) >= 11 is 2.26. The third-order valence-corrected chi connectivity index (χ3v) is 5.91. The minimum atomic E-state index is -0.700.